The van der Waals surface area contributed by atoms with Crippen molar-refractivity contribution in [1.82, 2.24) is 4.98 Å². The molecule has 1 aromatic heterocycles. The number of halogens is 1. The van der Waals surface area contributed by atoms with Gasteiger partial charge >= 0.3 is 5.97 Å². The van der Waals surface area contributed by atoms with Gasteiger partial charge in [-0.1, -0.05) is 11.6 Å². The number of carbonyl (C=O) groups is 1. The van der Waals surface area contributed by atoms with Crippen LogP contribution in [0.25, 0.3) is 5.76 Å². The molecule has 2 rings (SSSR count). The number of hydrogen-bond donors (Lipinski definition) is 1. The van der Waals surface area contributed by atoms with Gasteiger partial charge in [-0.2, -0.15) is 0 Å². The summed E-state index contributed by atoms with van der Waals surface area (Å²) in [6.45, 7) is 0. The lowest BCUT2D eigenvalue weighted by Gasteiger charge is -2.17. The predicted octanol–water partition coefficient (Wildman–Crippen LogP) is 2.12. The summed E-state index contributed by atoms with van der Waals surface area (Å²) in [5, 5.41) is 10.3. The molecule has 4 nitrogen and oxygen atoms in total. The molecule has 0 atom stereocenters. The molecule has 0 aromatic carbocycles. The predicted molar refractivity (Wildman–Crippen MR) is 59.1 cm³/mol. The van der Waals surface area contributed by atoms with Crippen LogP contribution in [-0.2, 0) is 16.0 Å². The van der Waals surface area contributed by atoms with E-state index in [0.717, 1.165) is 5.56 Å². The Labute approximate surface area is 97.5 Å². The Balaban J connectivity index is 2.50. The third kappa shape index (κ3) is 1.76. The Kier molecular flexibility index (Phi) is 2.83. The van der Waals surface area contributed by atoms with E-state index in [4.69, 9.17) is 11.6 Å². The molecule has 5 heteroatoms. The Morgan fingerprint density at radius 1 is 1.56 bits per heavy atom. The third-order valence-corrected chi connectivity index (χ3v) is 2.78. The summed E-state index contributed by atoms with van der Waals surface area (Å²) in [6, 6.07) is 1.70. The van der Waals surface area contributed by atoms with E-state index in [1.165, 1.54) is 13.3 Å². The highest BCUT2D eigenvalue weighted by Gasteiger charge is 2.24. The van der Waals surface area contributed by atoms with E-state index in [-0.39, 0.29) is 5.76 Å². The molecule has 1 aliphatic carbocycles. The molecule has 0 unspecified atom stereocenters. The standard InChI is InChI=1S/C11H10ClNO3/c1-16-11(15)7-3-2-6-4-9(12)13-5-8(6)10(7)14/h4-5,14H,2-3H2,1H3. The molecular weight excluding hydrogens is 230 g/mol. The molecule has 0 aliphatic heterocycles. The molecule has 0 fully saturated rings. The summed E-state index contributed by atoms with van der Waals surface area (Å²) in [4.78, 5) is 15.2. The van der Waals surface area contributed by atoms with Crippen LogP contribution in [0.2, 0.25) is 5.15 Å². The van der Waals surface area contributed by atoms with Gasteiger partial charge in [0.2, 0.25) is 0 Å². The number of methoxy groups -OCH3 is 1. The molecule has 0 spiro atoms. The normalized spacial score (nSPS) is 14.6. The highest BCUT2D eigenvalue weighted by atomic mass is 35.5. The fraction of sp³-hybridized carbons (Fsp3) is 0.273. The fourth-order valence-electron chi connectivity index (χ4n) is 1.75. The first-order valence-corrected chi connectivity index (χ1v) is 5.16. The summed E-state index contributed by atoms with van der Waals surface area (Å²) >= 11 is 5.75. The Hall–Kier alpha value is -1.55. The summed E-state index contributed by atoms with van der Waals surface area (Å²) in [5.41, 5.74) is 1.74. The van der Waals surface area contributed by atoms with Gasteiger partial charge in [-0.25, -0.2) is 9.78 Å². The van der Waals surface area contributed by atoms with E-state index >= 15 is 0 Å². The van der Waals surface area contributed by atoms with Crippen LogP contribution in [-0.4, -0.2) is 23.2 Å². The zero-order chi connectivity index (χ0) is 11.7. The number of carbonyl (C=O) groups excluding carboxylic acids is 1. The highest BCUT2D eigenvalue weighted by molar-refractivity contribution is 6.29. The van der Waals surface area contributed by atoms with Gasteiger partial charge < -0.3 is 9.84 Å². The molecular formula is C11H10ClNO3. The zero-order valence-electron chi connectivity index (χ0n) is 8.66. The van der Waals surface area contributed by atoms with Crippen molar-refractivity contribution in [3.8, 4) is 0 Å². The summed E-state index contributed by atoms with van der Waals surface area (Å²) in [6.07, 6.45) is 2.56. The Bertz CT molecular complexity index is 482. The summed E-state index contributed by atoms with van der Waals surface area (Å²) < 4.78 is 4.60. The van der Waals surface area contributed by atoms with Crippen LogP contribution in [0.4, 0.5) is 0 Å². The molecule has 1 heterocycles. The van der Waals surface area contributed by atoms with Crippen molar-refractivity contribution >= 4 is 23.3 Å². The number of pyridine rings is 1. The van der Waals surface area contributed by atoms with Crippen molar-refractivity contribution < 1.29 is 14.6 Å². The van der Waals surface area contributed by atoms with Gasteiger partial charge in [0, 0.05) is 11.8 Å². The van der Waals surface area contributed by atoms with E-state index in [0.29, 0.717) is 29.1 Å². The number of aromatic nitrogens is 1. The minimum absolute atomic E-state index is 0.0581. The van der Waals surface area contributed by atoms with Crippen molar-refractivity contribution in [3.63, 3.8) is 0 Å². The first kappa shape index (κ1) is 11.0. The lowest BCUT2D eigenvalue weighted by Crippen LogP contribution is -2.14. The van der Waals surface area contributed by atoms with E-state index < -0.39 is 5.97 Å². The lowest BCUT2D eigenvalue weighted by molar-refractivity contribution is -0.136. The van der Waals surface area contributed by atoms with Crippen LogP contribution in [0.5, 0.6) is 0 Å². The topological polar surface area (TPSA) is 59.4 Å². The van der Waals surface area contributed by atoms with Crippen LogP contribution < -0.4 is 0 Å². The number of ether oxygens (including phenoxy) is 1. The van der Waals surface area contributed by atoms with E-state index in [9.17, 15) is 9.90 Å². The van der Waals surface area contributed by atoms with Crippen LogP contribution in [0.1, 0.15) is 17.5 Å². The summed E-state index contributed by atoms with van der Waals surface area (Å²) in [7, 11) is 1.29. The second-order valence-electron chi connectivity index (χ2n) is 3.48. The number of nitrogens with zero attached hydrogens (tertiary/aromatic N) is 1. The van der Waals surface area contributed by atoms with Crippen molar-refractivity contribution in [1.29, 1.82) is 0 Å². The maximum absolute atomic E-state index is 11.4. The number of fused-ring (bicyclic) bond motifs is 1. The molecule has 0 radical (unpaired) electrons. The minimum atomic E-state index is -0.502. The van der Waals surface area contributed by atoms with E-state index in [1.807, 2.05) is 0 Å². The first-order valence-electron chi connectivity index (χ1n) is 4.78. The van der Waals surface area contributed by atoms with E-state index in [2.05, 4.69) is 9.72 Å². The van der Waals surface area contributed by atoms with Gasteiger partial charge in [0.25, 0.3) is 0 Å². The SMILES string of the molecule is COC(=O)C1=C(O)c2cnc(Cl)cc2CC1. The molecule has 1 aliphatic rings. The maximum Gasteiger partial charge on any atom is 0.337 e. The number of aliphatic hydroxyl groups is 1. The molecule has 16 heavy (non-hydrogen) atoms. The van der Waals surface area contributed by atoms with E-state index in [1.54, 1.807) is 6.07 Å². The van der Waals surface area contributed by atoms with Gasteiger partial charge in [-0.3, -0.25) is 0 Å². The molecule has 0 saturated carbocycles. The minimum Gasteiger partial charge on any atom is -0.507 e. The average molecular weight is 240 g/mol. The second kappa shape index (κ2) is 4.14. The quantitative estimate of drug-likeness (QED) is 0.602. The molecule has 1 N–H and O–H groups in total. The van der Waals surface area contributed by atoms with Crippen molar-refractivity contribution in [2.24, 2.45) is 0 Å². The van der Waals surface area contributed by atoms with Crippen LogP contribution >= 0.6 is 11.6 Å². The van der Waals surface area contributed by atoms with Gasteiger partial charge in [-0.15, -0.1) is 0 Å². The monoisotopic (exact) mass is 239 g/mol. The van der Waals surface area contributed by atoms with Crippen LogP contribution in [0.3, 0.4) is 0 Å². The number of esters is 1. The highest BCUT2D eigenvalue weighted by Crippen LogP contribution is 2.30. The van der Waals surface area contributed by atoms with Gasteiger partial charge in [0.1, 0.15) is 10.9 Å². The third-order valence-electron chi connectivity index (χ3n) is 2.57. The number of aryl methyl sites for hydroxylation is 1. The summed E-state index contributed by atoms with van der Waals surface area (Å²) in [5.74, 6) is -0.560. The fourth-order valence-corrected chi connectivity index (χ4v) is 1.93. The van der Waals surface area contributed by atoms with Crippen molar-refractivity contribution in [2.45, 2.75) is 12.8 Å². The van der Waals surface area contributed by atoms with Crippen LogP contribution in [0.15, 0.2) is 17.8 Å². The number of aliphatic hydroxyl groups excluding tert-OH is 1. The van der Waals surface area contributed by atoms with Crippen LogP contribution in [0, 0.1) is 0 Å². The van der Waals surface area contributed by atoms with Crippen molar-refractivity contribution in [3.05, 3.63) is 34.1 Å². The van der Waals surface area contributed by atoms with Crippen molar-refractivity contribution in [2.75, 3.05) is 7.11 Å². The zero-order valence-corrected chi connectivity index (χ0v) is 9.41. The van der Waals surface area contributed by atoms with Gasteiger partial charge in [-0.05, 0) is 24.5 Å². The first-order chi connectivity index (χ1) is 7.63. The average Bonchev–Trinajstić information content (AvgIpc) is 2.28. The Morgan fingerprint density at radius 2 is 2.31 bits per heavy atom. The largest absolute Gasteiger partial charge is 0.507 e. The molecule has 0 bridgehead atoms. The maximum atomic E-state index is 11.4. The number of rotatable bonds is 1. The molecule has 0 saturated heterocycles. The molecule has 0 amide bonds. The number of hydrogen-bond acceptors (Lipinski definition) is 4. The lowest BCUT2D eigenvalue weighted by atomic mass is 9.92. The van der Waals surface area contributed by atoms with Gasteiger partial charge in [0.15, 0.2) is 0 Å². The smallest absolute Gasteiger partial charge is 0.337 e. The van der Waals surface area contributed by atoms with Gasteiger partial charge in [0.05, 0.1) is 12.7 Å². The Morgan fingerprint density at radius 3 is 3.00 bits per heavy atom. The molecule has 1 aromatic rings. The second-order valence-corrected chi connectivity index (χ2v) is 3.87. The molecule has 84 valence electrons.